The molecule has 318 valence electrons. The highest BCUT2D eigenvalue weighted by Crippen LogP contribution is 2.54. The van der Waals surface area contributed by atoms with Crippen LogP contribution < -0.4 is 4.74 Å². The first-order valence-electron chi connectivity index (χ1n) is 20.6. The highest BCUT2D eigenvalue weighted by atomic mass is 79.9. The van der Waals surface area contributed by atoms with Crippen molar-refractivity contribution in [3.63, 3.8) is 0 Å². The predicted octanol–water partition coefficient (Wildman–Crippen LogP) is 7.17. The van der Waals surface area contributed by atoms with E-state index in [9.17, 15) is 24.9 Å². The molecule has 5 rings (SSSR count). The van der Waals surface area contributed by atoms with Gasteiger partial charge in [0.15, 0.2) is 20.4 Å². The van der Waals surface area contributed by atoms with Crippen LogP contribution in [0.25, 0.3) is 0 Å². The van der Waals surface area contributed by atoms with Crippen molar-refractivity contribution in [2.45, 2.75) is 154 Å². The van der Waals surface area contributed by atoms with Crippen LogP contribution >= 0.6 is 15.9 Å². The third-order valence-electron chi connectivity index (χ3n) is 13.0. The van der Waals surface area contributed by atoms with E-state index in [1.807, 2.05) is 50.3 Å². The summed E-state index contributed by atoms with van der Waals surface area (Å²) in [5, 5.41) is 31.9. The minimum absolute atomic E-state index is 0.0444. The predicted molar refractivity (Wildman–Crippen MR) is 223 cm³/mol. The fourth-order valence-electron chi connectivity index (χ4n) is 8.26. The Labute approximate surface area is 348 Å². The first kappa shape index (κ1) is 45.9. The van der Waals surface area contributed by atoms with Gasteiger partial charge < -0.3 is 43.4 Å². The van der Waals surface area contributed by atoms with Crippen molar-refractivity contribution in [3.05, 3.63) is 64.7 Å². The monoisotopic (exact) mass is 876 g/mol. The van der Waals surface area contributed by atoms with Gasteiger partial charge in [0.2, 0.25) is 0 Å². The van der Waals surface area contributed by atoms with Gasteiger partial charge in [-0.05, 0) is 97.3 Å². The number of benzene rings is 1. The van der Waals surface area contributed by atoms with E-state index in [-0.39, 0.29) is 46.7 Å². The number of cyclic esters (lactones) is 1. The molecule has 1 saturated heterocycles. The third-order valence-corrected chi connectivity index (χ3v) is 18.2. The molecule has 2 aliphatic heterocycles. The number of ketones is 1. The SMILES string of the molecule is CC[C@H]1CCC[C@H](OCc2ccc(OC)cc2)[C@@H](C)C(=O)/C=C/[C@H]2[C@@H]3C[C@H](O[C@@H]4O[C@@H](C)[C@H](O)[C@@H](O)[C@H]4O)[C@H](O[Si](C)(C)C(C)(C)C)[C@H]3C(Br)=C[C@H]2/C=C/C(=O)O1. The standard InChI is InChI=1S/C44H65BrO11Si/c1-10-29-12-11-13-35(52-24-27-14-17-30(51-7)18-15-27)25(2)34(46)20-19-31-28(16-21-37(47)54-29)22-33(45)38-32(31)23-36(42(38)56-57(8,9)44(4,5)6)55-43-41(50)40(49)39(48)26(3)53-43/h14-22,25-26,28-29,31-32,35-36,38-43,48-50H,10-13,23-24H2,1-9H3/b20-19+,21-16+/t25-,26-,28+,29-,31+,32-,35-,36-,38+,39-,40+,41+,42-,43-/m0/s1. The number of aliphatic hydroxyl groups is 3. The quantitative estimate of drug-likeness (QED) is 0.171. The van der Waals surface area contributed by atoms with Crippen molar-refractivity contribution in [3.8, 4) is 5.75 Å². The number of fused-ring (bicyclic) bond motifs is 3. The molecule has 1 saturated carbocycles. The van der Waals surface area contributed by atoms with E-state index in [0.29, 0.717) is 32.3 Å². The summed E-state index contributed by atoms with van der Waals surface area (Å²) in [7, 11) is -0.788. The van der Waals surface area contributed by atoms with E-state index in [1.165, 1.54) is 6.08 Å². The molecule has 0 spiro atoms. The largest absolute Gasteiger partial charge is 0.497 e. The Kier molecular flexibility index (Phi) is 15.7. The van der Waals surface area contributed by atoms with Crippen molar-refractivity contribution in [1.29, 1.82) is 0 Å². The summed E-state index contributed by atoms with van der Waals surface area (Å²) in [6, 6.07) is 7.69. The zero-order valence-electron chi connectivity index (χ0n) is 35.0. The van der Waals surface area contributed by atoms with Crippen molar-refractivity contribution in [1.82, 2.24) is 0 Å². The number of hydrogen-bond donors (Lipinski definition) is 3. The molecule has 1 aromatic carbocycles. The molecule has 13 heteroatoms. The molecule has 0 aromatic heterocycles. The molecule has 11 nitrogen and oxygen atoms in total. The minimum Gasteiger partial charge on any atom is -0.497 e. The van der Waals surface area contributed by atoms with Gasteiger partial charge in [-0.1, -0.05) is 80.9 Å². The van der Waals surface area contributed by atoms with E-state index in [1.54, 1.807) is 20.1 Å². The van der Waals surface area contributed by atoms with Gasteiger partial charge in [-0.25, -0.2) is 4.79 Å². The number of methoxy groups -OCH3 is 1. The summed E-state index contributed by atoms with van der Waals surface area (Å²) in [5.41, 5.74) is 0.973. The smallest absolute Gasteiger partial charge is 0.330 e. The van der Waals surface area contributed by atoms with Crippen LogP contribution in [0.3, 0.4) is 0 Å². The second-order valence-electron chi connectivity index (χ2n) is 17.8. The summed E-state index contributed by atoms with van der Waals surface area (Å²) in [6.45, 7) is 16.8. The fourth-order valence-corrected chi connectivity index (χ4v) is 10.5. The van der Waals surface area contributed by atoms with Crippen molar-refractivity contribution >= 4 is 36.0 Å². The maximum absolute atomic E-state index is 14.1. The Hall–Kier alpha value is -2.20. The average Bonchev–Trinajstić information content (AvgIpc) is 3.51. The first-order chi connectivity index (χ1) is 26.8. The summed E-state index contributed by atoms with van der Waals surface area (Å²) >= 11 is 3.92. The van der Waals surface area contributed by atoms with Crippen LogP contribution in [0, 0.1) is 29.6 Å². The molecule has 0 amide bonds. The maximum atomic E-state index is 14.1. The highest BCUT2D eigenvalue weighted by molar-refractivity contribution is 9.11. The number of esters is 1. The topological polar surface area (TPSA) is 150 Å². The maximum Gasteiger partial charge on any atom is 0.330 e. The number of ether oxygens (including phenoxy) is 5. The molecular formula is C44H65BrO11Si. The van der Waals surface area contributed by atoms with Gasteiger partial charge in [-0.2, -0.15) is 0 Å². The van der Waals surface area contributed by atoms with Crippen LogP contribution in [0.1, 0.15) is 79.2 Å². The Morgan fingerprint density at radius 2 is 1.65 bits per heavy atom. The molecular weight excluding hydrogens is 812 g/mol. The average molecular weight is 878 g/mol. The molecule has 4 aliphatic rings. The van der Waals surface area contributed by atoms with Gasteiger partial charge >= 0.3 is 5.97 Å². The minimum atomic E-state index is -2.41. The number of allylic oxidation sites excluding steroid dienone is 4. The summed E-state index contributed by atoms with van der Waals surface area (Å²) < 4.78 is 38.3. The number of carbonyl (C=O) groups excluding carboxylic acids is 2. The van der Waals surface area contributed by atoms with Gasteiger partial charge in [0.1, 0.15) is 30.2 Å². The fraction of sp³-hybridized carbons (Fsp3) is 0.682. The number of aliphatic hydroxyl groups excluding tert-OH is 3. The number of carbonyl (C=O) groups is 2. The number of rotatable bonds is 9. The molecule has 2 fully saturated rings. The summed E-state index contributed by atoms with van der Waals surface area (Å²) in [6.07, 6.45) is 4.43. The van der Waals surface area contributed by atoms with Gasteiger partial charge in [0.25, 0.3) is 0 Å². The lowest BCUT2D eigenvalue weighted by Gasteiger charge is -2.44. The van der Waals surface area contributed by atoms with Crippen LogP contribution in [0.4, 0.5) is 0 Å². The Morgan fingerprint density at radius 3 is 2.30 bits per heavy atom. The van der Waals surface area contributed by atoms with E-state index in [2.05, 4.69) is 55.9 Å². The van der Waals surface area contributed by atoms with Crippen molar-refractivity contribution in [2.24, 2.45) is 29.6 Å². The van der Waals surface area contributed by atoms with Crippen LogP contribution in [0.5, 0.6) is 5.75 Å². The molecule has 0 radical (unpaired) electrons. The summed E-state index contributed by atoms with van der Waals surface area (Å²) in [5.74, 6) is -0.971. The molecule has 14 atom stereocenters. The Balaban J connectivity index is 1.49. The van der Waals surface area contributed by atoms with Crippen LogP contribution in [0.15, 0.2) is 59.1 Å². The lowest BCUT2D eigenvalue weighted by atomic mass is 9.71. The lowest BCUT2D eigenvalue weighted by molar-refractivity contribution is -0.308. The van der Waals surface area contributed by atoms with E-state index in [4.69, 9.17) is 28.1 Å². The highest BCUT2D eigenvalue weighted by Gasteiger charge is 2.56. The second-order valence-corrected chi connectivity index (χ2v) is 23.5. The van der Waals surface area contributed by atoms with E-state index in [0.717, 1.165) is 22.2 Å². The van der Waals surface area contributed by atoms with Crippen molar-refractivity contribution < 1.29 is 53.0 Å². The number of halogens is 1. The van der Waals surface area contributed by atoms with Crippen LogP contribution in [-0.4, -0.2) is 97.6 Å². The normalized spacial score (nSPS) is 38.2. The van der Waals surface area contributed by atoms with E-state index < -0.39 is 63.1 Å². The van der Waals surface area contributed by atoms with E-state index >= 15 is 0 Å². The van der Waals surface area contributed by atoms with Crippen LogP contribution in [0.2, 0.25) is 18.1 Å². The summed E-state index contributed by atoms with van der Waals surface area (Å²) in [4.78, 5) is 27.4. The Bertz CT molecular complexity index is 1610. The zero-order chi connectivity index (χ0) is 41.8. The van der Waals surface area contributed by atoms with Crippen LogP contribution in [-0.2, 0) is 39.6 Å². The molecule has 2 aliphatic carbocycles. The molecule has 0 bridgehead atoms. The van der Waals surface area contributed by atoms with Crippen molar-refractivity contribution in [2.75, 3.05) is 7.11 Å². The molecule has 0 unspecified atom stereocenters. The lowest BCUT2D eigenvalue weighted by Crippen LogP contribution is -2.58. The molecule has 57 heavy (non-hydrogen) atoms. The van der Waals surface area contributed by atoms with Gasteiger partial charge in [-0.15, -0.1) is 0 Å². The molecule has 3 N–H and O–H groups in total. The first-order valence-corrected chi connectivity index (χ1v) is 24.3. The molecule has 1 aromatic rings. The van der Waals surface area contributed by atoms with Gasteiger partial charge in [0, 0.05) is 23.8 Å². The number of hydrogen-bond acceptors (Lipinski definition) is 11. The molecule has 2 heterocycles. The Morgan fingerprint density at radius 1 is 0.947 bits per heavy atom. The second kappa shape index (κ2) is 19.5. The zero-order valence-corrected chi connectivity index (χ0v) is 37.6. The van der Waals surface area contributed by atoms with Gasteiger partial charge in [-0.3, -0.25) is 4.79 Å². The third kappa shape index (κ3) is 11.0. The van der Waals surface area contributed by atoms with Gasteiger partial charge in [0.05, 0.1) is 38.1 Å².